The van der Waals surface area contributed by atoms with Gasteiger partial charge in [0.15, 0.2) is 0 Å². The van der Waals surface area contributed by atoms with E-state index in [0.29, 0.717) is 24.2 Å². The van der Waals surface area contributed by atoms with Crippen LogP contribution < -0.4 is 10.2 Å². The molecule has 1 fully saturated rings. The quantitative estimate of drug-likeness (QED) is 0.669. The molecule has 0 amide bonds. The molecule has 1 aliphatic heterocycles. The average molecular weight is 395 g/mol. The fourth-order valence-electron chi connectivity index (χ4n) is 4.06. The van der Waals surface area contributed by atoms with Crippen molar-refractivity contribution in [2.75, 3.05) is 20.1 Å². The second kappa shape index (κ2) is 7.07. The highest BCUT2D eigenvalue weighted by Crippen LogP contribution is 2.50. The Kier molecular flexibility index (Phi) is 5.22. The minimum atomic E-state index is -4.80. The number of likely N-dealkylation sites (tertiary alicyclic amines) is 1. The van der Waals surface area contributed by atoms with E-state index >= 15 is 0 Å². The lowest BCUT2D eigenvalue weighted by molar-refractivity contribution is -0.274. The first-order chi connectivity index (χ1) is 12.9. The first-order valence-electron chi connectivity index (χ1n) is 8.68. The van der Waals surface area contributed by atoms with Crippen molar-refractivity contribution < 1.29 is 33.1 Å². The van der Waals surface area contributed by atoms with Crippen LogP contribution in [-0.4, -0.2) is 53.7 Å². The highest BCUT2D eigenvalue weighted by Gasteiger charge is 2.55. The van der Waals surface area contributed by atoms with E-state index in [9.17, 15) is 28.3 Å². The van der Waals surface area contributed by atoms with Crippen LogP contribution in [0, 0.1) is 5.41 Å². The van der Waals surface area contributed by atoms with E-state index in [2.05, 4.69) is 4.74 Å². The maximum Gasteiger partial charge on any atom is 0.573 e. The van der Waals surface area contributed by atoms with Crippen LogP contribution in [0.2, 0.25) is 0 Å². The predicted octanol–water partition coefficient (Wildman–Crippen LogP) is 1.45. The third kappa shape index (κ3) is 3.75. The lowest BCUT2D eigenvalue weighted by atomic mass is 9.61. The van der Waals surface area contributed by atoms with Gasteiger partial charge >= 0.3 is 13.5 Å². The first-order valence-corrected chi connectivity index (χ1v) is 8.68. The monoisotopic (exact) mass is 395 g/mol. The molecule has 28 heavy (non-hydrogen) atoms. The third-order valence-electron chi connectivity index (χ3n) is 5.22. The van der Waals surface area contributed by atoms with Gasteiger partial charge in [0.2, 0.25) is 0 Å². The van der Waals surface area contributed by atoms with E-state index < -0.39 is 24.5 Å². The number of halogens is 3. The SMILES string of the molecule is CN1CC(C)(C(O)(c2ccc(OC(F)(F)F)cc2)c2cccc(B(O)O)c2)C1. The number of benzene rings is 2. The Bertz CT molecular complexity index is 838. The summed E-state index contributed by atoms with van der Waals surface area (Å²) in [6, 6.07) is 11.4. The lowest BCUT2D eigenvalue weighted by Gasteiger charge is -2.56. The van der Waals surface area contributed by atoms with Gasteiger partial charge in [-0.3, -0.25) is 0 Å². The fourth-order valence-corrected chi connectivity index (χ4v) is 4.06. The van der Waals surface area contributed by atoms with Crippen molar-refractivity contribution in [3.8, 4) is 5.75 Å². The van der Waals surface area contributed by atoms with Gasteiger partial charge in [-0.15, -0.1) is 13.2 Å². The van der Waals surface area contributed by atoms with Gasteiger partial charge in [0.05, 0.1) is 0 Å². The number of alkyl halides is 3. The standard InChI is InChI=1S/C19H21BF3NO4/c1-17(11-24(2)12-17)18(25,14-4-3-5-15(10-14)20(26)27)13-6-8-16(9-7-13)28-19(21,22)23/h3-10,25-27H,11-12H2,1-2H3. The molecule has 2 aromatic rings. The van der Waals surface area contributed by atoms with E-state index in [4.69, 9.17) is 0 Å². The molecule has 2 aromatic carbocycles. The van der Waals surface area contributed by atoms with Gasteiger partial charge in [0.1, 0.15) is 11.4 Å². The average Bonchev–Trinajstić information content (AvgIpc) is 2.59. The van der Waals surface area contributed by atoms with Crippen molar-refractivity contribution in [2.24, 2.45) is 5.41 Å². The van der Waals surface area contributed by atoms with Crippen molar-refractivity contribution >= 4 is 12.6 Å². The van der Waals surface area contributed by atoms with Crippen molar-refractivity contribution in [1.82, 2.24) is 4.90 Å². The summed E-state index contributed by atoms with van der Waals surface area (Å²) in [5, 5.41) is 30.8. The van der Waals surface area contributed by atoms with E-state index in [1.807, 2.05) is 18.9 Å². The van der Waals surface area contributed by atoms with Crippen LogP contribution >= 0.6 is 0 Å². The zero-order chi connectivity index (χ0) is 20.7. The van der Waals surface area contributed by atoms with Crippen LogP contribution in [0.25, 0.3) is 0 Å². The van der Waals surface area contributed by atoms with Crippen LogP contribution in [0.4, 0.5) is 13.2 Å². The summed E-state index contributed by atoms with van der Waals surface area (Å²) in [5.41, 5.74) is -1.15. The molecule has 5 nitrogen and oxygen atoms in total. The van der Waals surface area contributed by atoms with Crippen molar-refractivity contribution in [3.05, 3.63) is 59.7 Å². The number of hydrogen-bond donors (Lipinski definition) is 3. The molecular formula is C19H21BF3NO4. The topological polar surface area (TPSA) is 73.2 Å². The summed E-state index contributed by atoms with van der Waals surface area (Å²) >= 11 is 0. The van der Waals surface area contributed by atoms with Gasteiger partial charge in [-0.05, 0) is 35.8 Å². The maximum atomic E-state index is 12.4. The van der Waals surface area contributed by atoms with Crippen LogP contribution in [-0.2, 0) is 5.60 Å². The molecule has 3 N–H and O–H groups in total. The summed E-state index contributed by atoms with van der Waals surface area (Å²) in [5.74, 6) is -0.381. The Balaban J connectivity index is 2.07. The molecule has 0 radical (unpaired) electrons. The van der Waals surface area contributed by atoms with E-state index in [-0.39, 0.29) is 11.2 Å². The van der Waals surface area contributed by atoms with Gasteiger partial charge in [0.25, 0.3) is 0 Å². The first kappa shape index (κ1) is 20.7. The van der Waals surface area contributed by atoms with Crippen LogP contribution in [0.3, 0.4) is 0 Å². The van der Waals surface area contributed by atoms with Crippen LogP contribution in [0.5, 0.6) is 5.75 Å². The number of hydrogen-bond acceptors (Lipinski definition) is 5. The Labute approximate surface area is 161 Å². The van der Waals surface area contributed by atoms with Gasteiger partial charge < -0.3 is 24.8 Å². The minimum absolute atomic E-state index is 0.212. The molecule has 0 spiro atoms. The molecule has 0 aliphatic carbocycles. The van der Waals surface area contributed by atoms with Crippen LogP contribution in [0.15, 0.2) is 48.5 Å². The normalized spacial score (nSPS) is 18.9. The summed E-state index contributed by atoms with van der Waals surface area (Å²) in [4.78, 5) is 2.01. The summed E-state index contributed by atoms with van der Waals surface area (Å²) in [6.45, 7) is 2.99. The molecule has 0 aromatic heterocycles. The maximum absolute atomic E-state index is 12.4. The molecule has 3 rings (SSSR count). The Morgan fingerprint density at radius 3 is 2.14 bits per heavy atom. The van der Waals surface area contributed by atoms with Crippen LogP contribution in [0.1, 0.15) is 18.1 Å². The Hall–Kier alpha value is -2.07. The number of nitrogens with zero attached hydrogens (tertiary/aromatic N) is 1. The largest absolute Gasteiger partial charge is 0.573 e. The summed E-state index contributed by atoms with van der Waals surface area (Å²) in [7, 11) is 0.194. The molecular weight excluding hydrogens is 374 g/mol. The number of ether oxygens (including phenoxy) is 1. The molecule has 1 aliphatic rings. The van der Waals surface area contributed by atoms with Crippen molar-refractivity contribution in [2.45, 2.75) is 18.9 Å². The molecule has 1 saturated heterocycles. The molecule has 0 saturated carbocycles. The van der Waals surface area contributed by atoms with E-state index in [1.54, 1.807) is 12.1 Å². The summed E-state index contributed by atoms with van der Waals surface area (Å²) in [6.07, 6.45) is -4.80. The highest BCUT2D eigenvalue weighted by molar-refractivity contribution is 6.58. The molecule has 9 heteroatoms. The zero-order valence-electron chi connectivity index (χ0n) is 15.4. The molecule has 150 valence electrons. The third-order valence-corrected chi connectivity index (χ3v) is 5.22. The second-order valence-corrected chi connectivity index (χ2v) is 7.51. The van der Waals surface area contributed by atoms with Gasteiger partial charge in [-0.2, -0.15) is 0 Å². The second-order valence-electron chi connectivity index (χ2n) is 7.51. The fraction of sp³-hybridized carbons (Fsp3) is 0.368. The molecule has 0 bridgehead atoms. The molecule has 1 atom stereocenters. The highest BCUT2D eigenvalue weighted by atomic mass is 19.4. The minimum Gasteiger partial charge on any atom is -0.423 e. The van der Waals surface area contributed by atoms with Crippen molar-refractivity contribution in [1.29, 1.82) is 0 Å². The predicted molar refractivity (Wildman–Crippen MR) is 98.0 cm³/mol. The molecule has 1 unspecified atom stereocenters. The van der Waals surface area contributed by atoms with E-state index in [0.717, 1.165) is 12.1 Å². The van der Waals surface area contributed by atoms with E-state index in [1.165, 1.54) is 24.3 Å². The Morgan fingerprint density at radius 2 is 1.64 bits per heavy atom. The smallest absolute Gasteiger partial charge is 0.423 e. The Morgan fingerprint density at radius 1 is 1.04 bits per heavy atom. The van der Waals surface area contributed by atoms with Gasteiger partial charge in [-0.25, -0.2) is 0 Å². The van der Waals surface area contributed by atoms with Gasteiger partial charge in [-0.1, -0.05) is 43.3 Å². The molecule has 1 heterocycles. The van der Waals surface area contributed by atoms with Crippen molar-refractivity contribution in [3.63, 3.8) is 0 Å². The zero-order valence-corrected chi connectivity index (χ0v) is 15.4. The number of aliphatic hydroxyl groups is 1. The lowest BCUT2D eigenvalue weighted by Crippen LogP contribution is -2.63. The summed E-state index contributed by atoms with van der Waals surface area (Å²) < 4.78 is 41.2. The van der Waals surface area contributed by atoms with Gasteiger partial charge in [0, 0.05) is 18.5 Å². The number of rotatable bonds is 5.